The first kappa shape index (κ1) is 21.8. The lowest BCUT2D eigenvalue weighted by Gasteiger charge is -2.50. The number of β-lactam (4-membered cyclic amide) rings is 1. The molecular formula is C19H18N6O5S2. The van der Waals surface area contributed by atoms with Crippen LogP contribution in [0.25, 0.3) is 0 Å². The molecule has 0 unspecified atom stereocenters. The molecule has 32 heavy (non-hydrogen) atoms. The Labute approximate surface area is 190 Å². The van der Waals surface area contributed by atoms with Crippen LogP contribution in [0.4, 0.5) is 5.13 Å². The van der Waals surface area contributed by atoms with Gasteiger partial charge in [0.1, 0.15) is 24.2 Å². The molecule has 166 valence electrons. The third-order valence-corrected chi connectivity index (χ3v) is 6.85. The summed E-state index contributed by atoms with van der Waals surface area (Å²) in [6, 6.07) is 4.58. The van der Waals surface area contributed by atoms with Crippen LogP contribution in [0.2, 0.25) is 0 Å². The van der Waals surface area contributed by atoms with Crippen molar-refractivity contribution in [1.29, 1.82) is 0 Å². The summed E-state index contributed by atoms with van der Waals surface area (Å²) < 4.78 is 1.82. The van der Waals surface area contributed by atoms with Crippen molar-refractivity contribution in [1.82, 2.24) is 15.2 Å². The number of aromatic nitrogens is 2. The largest absolute Gasteiger partial charge is 0.543 e. The normalized spacial score (nSPS) is 20.5. The second-order valence-electron chi connectivity index (χ2n) is 6.84. The summed E-state index contributed by atoms with van der Waals surface area (Å²) >= 11 is 2.49. The number of hydrogen-bond donors (Lipinski definition) is 2. The topological polar surface area (TPSA) is 154 Å². The third kappa shape index (κ3) is 4.03. The lowest BCUT2D eigenvalue weighted by atomic mass is 10.0. The number of aliphatic carboxylic acids is 1. The maximum absolute atomic E-state index is 12.8. The fraction of sp³-hybridized carbons (Fsp3) is 0.263. The number of carboxylic acid groups (broad SMARTS) is 1. The number of rotatable bonds is 7. The lowest BCUT2D eigenvalue weighted by molar-refractivity contribution is -0.689. The summed E-state index contributed by atoms with van der Waals surface area (Å²) in [5.74, 6) is -2.28. The molecule has 0 aromatic carbocycles. The molecule has 0 saturated carbocycles. The Morgan fingerprint density at radius 3 is 2.78 bits per heavy atom. The second-order valence-corrected chi connectivity index (χ2v) is 8.84. The van der Waals surface area contributed by atoms with E-state index >= 15 is 0 Å². The first-order chi connectivity index (χ1) is 15.4. The number of nitrogens with two attached hydrogens (primary N) is 1. The molecular weight excluding hydrogens is 456 g/mol. The zero-order valence-electron chi connectivity index (χ0n) is 16.8. The number of nitrogens with zero attached hydrogens (tertiary/aromatic N) is 4. The third-order valence-electron chi connectivity index (χ3n) is 4.84. The molecule has 4 heterocycles. The van der Waals surface area contributed by atoms with Crippen LogP contribution in [0.5, 0.6) is 0 Å². The molecule has 13 heteroatoms. The summed E-state index contributed by atoms with van der Waals surface area (Å²) in [7, 11) is 1.28. The number of fused-ring (bicyclic) bond motifs is 1. The van der Waals surface area contributed by atoms with E-state index in [4.69, 9.17) is 10.6 Å². The Kier molecular flexibility index (Phi) is 6.10. The standard InChI is InChI=1S/C19H18N6O5S2/c1-30-23-12(11-9-32-19(20)21-11)15(26)22-13-16(27)25-14(18(28)29)10(8-31-17(13)25)7-24-5-3-2-4-6-24/h2-6,9,13,17H,7-8H2,1H3,(H3-,20,21,22,26,28,29)/b23-12-/t13-,17+/m1/s1. The highest BCUT2D eigenvalue weighted by atomic mass is 32.2. The molecule has 2 aromatic heterocycles. The van der Waals surface area contributed by atoms with E-state index in [1.165, 1.54) is 23.8 Å². The van der Waals surface area contributed by atoms with Crippen LogP contribution in [0.15, 0.2) is 52.4 Å². The van der Waals surface area contributed by atoms with Crippen molar-refractivity contribution in [3.63, 3.8) is 0 Å². The summed E-state index contributed by atoms with van der Waals surface area (Å²) in [5, 5.41) is 19.4. The van der Waals surface area contributed by atoms with Crippen LogP contribution in [0, 0.1) is 0 Å². The monoisotopic (exact) mass is 474 g/mol. The number of pyridine rings is 1. The van der Waals surface area contributed by atoms with Gasteiger partial charge in [-0.15, -0.1) is 23.1 Å². The number of thiazole rings is 1. The second kappa shape index (κ2) is 8.96. The molecule has 2 atom stereocenters. The number of carbonyl (C=O) groups excluding carboxylic acids is 3. The van der Waals surface area contributed by atoms with E-state index in [-0.39, 0.29) is 22.2 Å². The molecule has 0 spiro atoms. The van der Waals surface area contributed by atoms with Crippen LogP contribution >= 0.6 is 23.1 Å². The van der Waals surface area contributed by atoms with Gasteiger partial charge in [0.05, 0.1) is 11.7 Å². The maximum atomic E-state index is 12.8. The highest BCUT2D eigenvalue weighted by Gasteiger charge is 2.53. The molecule has 2 aliphatic rings. The zero-order valence-corrected chi connectivity index (χ0v) is 18.4. The van der Waals surface area contributed by atoms with Crippen LogP contribution in [0.1, 0.15) is 5.69 Å². The predicted octanol–water partition coefficient (Wildman–Crippen LogP) is -1.53. The number of hydrogen-bond acceptors (Lipinski definition) is 10. The van der Waals surface area contributed by atoms with E-state index in [0.29, 0.717) is 17.9 Å². The van der Waals surface area contributed by atoms with Gasteiger partial charge in [-0.3, -0.25) is 14.5 Å². The molecule has 2 aliphatic heterocycles. The summed E-state index contributed by atoms with van der Waals surface area (Å²) in [6.45, 7) is 0.306. The van der Waals surface area contributed by atoms with E-state index in [0.717, 1.165) is 11.3 Å². The van der Waals surface area contributed by atoms with Crippen molar-refractivity contribution in [2.45, 2.75) is 18.0 Å². The molecule has 0 aliphatic carbocycles. The van der Waals surface area contributed by atoms with Gasteiger partial charge in [-0.2, -0.15) is 0 Å². The van der Waals surface area contributed by atoms with Crippen LogP contribution in [-0.4, -0.2) is 57.7 Å². The van der Waals surface area contributed by atoms with Gasteiger partial charge in [0.15, 0.2) is 29.8 Å². The van der Waals surface area contributed by atoms with E-state index in [9.17, 15) is 19.5 Å². The first-order valence-electron chi connectivity index (χ1n) is 9.36. The van der Waals surface area contributed by atoms with Gasteiger partial charge in [0.2, 0.25) is 0 Å². The number of oxime groups is 1. The molecule has 1 saturated heterocycles. The Hall–Kier alpha value is -3.45. The number of amides is 2. The van der Waals surface area contributed by atoms with E-state index in [2.05, 4.69) is 15.5 Å². The summed E-state index contributed by atoms with van der Waals surface area (Å²) in [4.78, 5) is 47.4. The highest BCUT2D eigenvalue weighted by Crippen LogP contribution is 2.40. The van der Waals surface area contributed by atoms with Crippen LogP contribution in [0.3, 0.4) is 0 Å². The minimum absolute atomic E-state index is 0.135. The molecule has 0 bridgehead atoms. The number of nitrogens with one attached hydrogen (secondary N) is 1. The van der Waals surface area contributed by atoms with Crippen LogP contribution < -0.4 is 20.7 Å². The van der Waals surface area contributed by atoms with Gasteiger partial charge >= 0.3 is 0 Å². The van der Waals surface area contributed by atoms with Crippen molar-refractivity contribution < 1.29 is 28.9 Å². The highest BCUT2D eigenvalue weighted by molar-refractivity contribution is 8.00. The molecule has 2 aromatic rings. The van der Waals surface area contributed by atoms with Crippen molar-refractivity contribution >= 4 is 51.7 Å². The summed E-state index contributed by atoms with van der Waals surface area (Å²) in [5.41, 5.74) is 6.10. The number of anilines is 1. The van der Waals surface area contributed by atoms with Crippen LogP contribution in [-0.2, 0) is 25.8 Å². The number of nitrogen functional groups attached to an aromatic ring is 1. The minimum Gasteiger partial charge on any atom is -0.543 e. The van der Waals surface area contributed by atoms with Crippen molar-refractivity contribution in [3.8, 4) is 0 Å². The molecule has 2 amide bonds. The van der Waals surface area contributed by atoms with Crippen molar-refractivity contribution in [2.75, 3.05) is 18.6 Å². The van der Waals surface area contributed by atoms with E-state index in [1.54, 1.807) is 17.8 Å². The lowest BCUT2D eigenvalue weighted by Crippen LogP contribution is -2.71. The first-order valence-corrected chi connectivity index (χ1v) is 11.3. The fourth-order valence-corrected chi connectivity index (χ4v) is 5.34. The Balaban J connectivity index is 1.53. The van der Waals surface area contributed by atoms with Gasteiger partial charge < -0.3 is 25.8 Å². The number of carbonyl (C=O) groups is 3. The Bertz CT molecular complexity index is 1130. The number of thioether (sulfide) groups is 1. The minimum atomic E-state index is -1.43. The quantitative estimate of drug-likeness (QED) is 0.212. The van der Waals surface area contributed by atoms with Gasteiger partial charge in [0.25, 0.3) is 11.8 Å². The molecule has 4 rings (SSSR count). The number of carboxylic acids is 1. The average Bonchev–Trinajstić information content (AvgIpc) is 3.21. The average molecular weight is 475 g/mol. The summed E-state index contributed by atoms with van der Waals surface area (Å²) in [6.07, 6.45) is 3.61. The van der Waals surface area contributed by atoms with Crippen molar-refractivity contribution in [3.05, 3.63) is 52.9 Å². The molecule has 0 radical (unpaired) electrons. The van der Waals surface area contributed by atoms with Gasteiger partial charge in [-0.1, -0.05) is 11.2 Å². The van der Waals surface area contributed by atoms with E-state index < -0.39 is 29.2 Å². The van der Waals surface area contributed by atoms with Gasteiger partial charge in [-0.25, -0.2) is 9.55 Å². The zero-order chi connectivity index (χ0) is 22.8. The Morgan fingerprint density at radius 1 is 1.41 bits per heavy atom. The SMILES string of the molecule is CO/N=C(\C(=O)N[C@@H]1C(=O)N2C(C(=O)[O-])=C(C[n+]3ccccc3)CS[C@@H]12)c1csc(N)n1. The predicted molar refractivity (Wildman–Crippen MR) is 114 cm³/mol. The molecule has 3 N–H and O–H groups in total. The van der Waals surface area contributed by atoms with Crippen molar-refractivity contribution in [2.24, 2.45) is 5.16 Å². The van der Waals surface area contributed by atoms with Gasteiger partial charge in [-0.05, 0) is 0 Å². The fourth-order valence-electron chi connectivity index (χ4n) is 3.46. The van der Waals surface area contributed by atoms with Gasteiger partial charge in [0, 0.05) is 28.8 Å². The Morgan fingerprint density at radius 2 is 2.16 bits per heavy atom. The molecule has 11 nitrogen and oxygen atoms in total. The van der Waals surface area contributed by atoms with E-state index in [1.807, 2.05) is 22.8 Å². The smallest absolute Gasteiger partial charge is 0.276 e. The molecule has 1 fully saturated rings. The maximum Gasteiger partial charge on any atom is 0.276 e.